The van der Waals surface area contributed by atoms with E-state index in [1.165, 1.54) is 4.90 Å². The van der Waals surface area contributed by atoms with E-state index in [-0.39, 0.29) is 6.61 Å². The van der Waals surface area contributed by atoms with Crippen molar-refractivity contribution in [2.75, 3.05) is 43.9 Å². The number of carboxylic acids is 1. The molecule has 0 aliphatic carbocycles. The van der Waals surface area contributed by atoms with E-state index in [1.807, 2.05) is 50.2 Å². The fraction of sp³-hybridized carbons (Fsp3) is 0.500. The number of rotatable bonds is 17. The number of anilines is 2. The maximum Gasteiger partial charge on any atom is 0.335 e. The van der Waals surface area contributed by atoms with Crippen molar-refractivity contribution < 1.29 is 24.5 Å². The van der Waals surface area contributed by atoms with Crippen LogP contribution in [0, 0.1) is 13.8 Å². The molecule has 2 unspecified atom stereocenters. The highest BCUT2D eigenvalue weighted by molar-refractivity contribution is 6.31. The van der Waals surface area contributed by atoms with E-state index in [1.54, 1.807) is 7.05 Å². The smallest absolute Gasteiger partial charge is 0.335 e. The molecule has 10 heteroatoms. The molecule has 0 spiro atoms. The van der Waals surface area contributed by atoms with Crippen LogP contribution in [-0.2, 0) is 14.3 Å². The lowest BCUT2D eigenvalue weighted by Gasteiger charge is -2.25. The van der Waals surface area contributed by atoms with Crippen LogP contribution in [0.1, 0.15) is 43.2 Å². The quantitative estimate of drug-likeness (QED) is 0.190. The van der Waals surface area contributed by atoms with Gasteiger partial charge in [0.15, 0.2) is 12.2 Å². The molecule has 4 N–H and O–H groups in total. The number of unbranched alkanes of at least 4 members (excludes halogenated alkanes) is 3. The van der Waals surface area contributed by atoms with Gasteiger partial charge in [-0.15, -0.1) is 0 Å². The maximum atomic E-state index is 12.8. The van der Waals surface area contributed by atoms with Gasteiger partial charge in [0.2, 0.25) is 0 Å². The van der Waals surface area contributed by atoms with Crippen LogP contribution in [-0.4, -0.2) is 72.5 Å². The number of carboxylic acid groups (broad SMARTS) is 1. The summed E-state index contributed by atoms with van der Waals surface area (Å²) in [5, 5.41) is 27.3. The van der Waals surface area contributed by atoms with Crippen LogP contribution in [0.3, 0.4) is 0 Å². The number of carbonyl (C=O) groups is 2. The zero-order valence-electron chi connectivity index (χ0n) is 22.3. The number of ether oxygens (including phenoxy) is 1. The Labute approximate surface area is 235 Å². The van der Waals surface area contributed by atoms with Gasteiger partial charge in [-0.2, -0.15) is 0 Å². The van der Waals surface area contributed by atoms with Gasteiger partial charge in [-0.25, -0.2) is 4.79 Å². The molecule has 0 bridgehead atoms. The van der Waals surface area contributed by atoms with E-state index in [9.17, 15) is 19.8 Å². The minimum absolute atomic E-state index is 0.152. The number of carbonyl (C=O) groups excluding carboxylic acids is 1. The molecule has 0 aliphatic heterocycles. The SMILES string of the molecule is Cc1ccc(NCCCCCN(C)C(=O)C(OCCCCNc2ccc(C)c(Cl)c2)C(O)C(=O)O)cc1Cl. The topological polar surface area (TPSA) is 111 Å². The fourth-order valence-corrected chi connectivity index (χ4v) is 4.07. The summed E-state index contributed by atoms with van der Waals surface area (Å²) in [6.07, 6.45) is 0.450. The highest BCUT2D eigenvalue weighted by Gasteiger charge is 2.34. The predicted molar refractivity (Wildman–Crippen MR) is 153 cm³/mol. The largest absolute Gasteiger partial charge is 0.479 e. The number of benzene rings is 2. The Morgan fingerprint density at radius 3 is 1.92 bits per heavy atom. The van der Waals surface area contributed by atoms with Gasteiger partial charge in [-0.3, -0.25) is 4.79 Å². The average Bonchev–Trinajstić information content (AvgIpc) is 2.88. The molecule has 2 aromatic carbocycles. The Balaban J connectivity index is 1.69. The standard InChI is InChI=1S/C28H39Cl2N3O5/c1-19-9-11-21(17-23(19)29)31-13-5-4-7-15-33(3)27(35)26(25(34)28(36)37)38-16-8-6-14-32-22-12-10-20(2)24(30)18-22/h9-12,17-18,25-26,31-32,34H,4-8,13-16H2,1-3H3,(H,36,37). The molecule has 2 aromatic rings. The van der Waals surface area contributed by atoms with Crippen LogP contribution in [0.2, 0.25) is 10.0 Å². The first-order chi connectivity index (χ1) is 18.1. The Morgan fingerprint density at radius 2 is 1.42 bits per heavy atom. The number of hydrogen-bond acceptors (Lipinski definition) is 6. The third-order valence-electron chi connectivity index (χ3n) is 6.20. The Bertz CT molecular complexity index is 1050. The first-order valence-corrected chi connectivity index (χ1v) is 13.6. The predicted octanol–water partition coefficient (Wildman–Crippen LogP) is 5.37. The number of hydrogen-bond donors (Lipinski definition) is 4. The number of likely N-dealkylation sites (N-methyl/N-ethyl adjacent to an activating group) is 1. The molecule has 0 fully saturated rings. The van der Waals surface area contributed by atoms with Gasteiger partial charge in [0.05, 0.1) is 0 Å². The van der Waals surface area contributed by atoms with E-state index in [4.69, 9.17) is 27.9 Å². The second-order valence-corrected chi connectivity index (χ2v) is 10.2. The second-order valence-electron chi connectivity index (χ2n) is 9.38. The molecule has 0 radical (unpaired) electrons. The van der Waals surface area contributed by atoms with Gasteiger partial charge in [0, 0.05) is 54.7 Å². The molecule has 210 valence electrons. The van der Waals surface area contributed by atoms with Gasteiger partial charge in [0.1, 0.15) is 0 Å². The summed E-state index contributed by atoms with van der Waals surface area (Å²) in [6.45, 7) is 5.91. The molecule has 1 amide bonds. The molecular formula is C28H39Cl2N3O5. The summed E-state index contributed by atoms with van der Waals surface area (Å²) in [5.74, 6) is -2.03. The van der Waals surface area contributed by atoms with Gasteiger partial charge in [0.25, 0.3) is 5.91 Å². The Hall–Kier alpha value is -2.52. The molecular weight excluding hydrogens is 529 g/mol. The van der Waals surface area contributed by atoms with E-state index in [0.717, 1.165) is 59.8 Å². The lowest BCUT2D eigenvalue weighted by atomic mass is 10.1. The molecule has 8 nitrogen and oxygen atoms in total. The molecule has 0 saturated carbocycles. The maximum absolute atomic E-state index is 12.8. The van der Waals surface area contributed by atoms with Crippen LogP contribution in [0.15, 0.2) is 36.4 Å². The minimum Gasteiger partial charge on any atom is -0.479 e. The highest BCUT2D eigenvalue weighted by Crippen LogP contribution is 2.21. The number of nitrogens with zero attached hydrogens (tertiary/aromatic N) is 1. The number of aliphatic hydroxyl groups excluding tert-OH is 1. The average molecular weight is 569 g/mol. The first-order valence-electron chi connectivity index (χ1n) is 12.9. The Morgan fingerprint density at radius 1 is 0.895 bits per heavy atom. The van der Waals surface area contributed by atoms with Gasteiger partial charge >= 0.3 is 5.97 Å². The van der Waals surface area contributed by atoms with Crippen LogP contribution in [0.25, 0.3) is 0 Å². The molecule has 2 rings (SSSR count). The summed E-state index contributed by atoms with van der Waals surface area (Å²) in [5.41, 5.74) is 3.91. The van der Waals surface area contributed by atoms with Crippen molar-refractivity contribution in [3.8, 4) is 0 Å². The monoisotopic (exact) mass is 567 g/mol. The van der Waals surface area contributed by atoms with Gasteiger partial charge < -0.3 is 30.5 Å². The molecule has 0 saturated heterocycles. The van der Waals surface area contributed by atoms with Crippen molar-refractivity contribution >= 4 is 46.5 Å². The summed E-state index contributed by atoms with van der Waals surface area (Å²) >= 11 is 12.3. The zero-order chi connectivity index (χ0) is 28.1. The normalized spacial score (nSPS) is 12.6. The summed E-state index contributed by atoms with van der Waals surface area (Å²) in [6, 6.07) is 11.6. The van der Waals surface area contributed by atoms with E-state index < -0.39 is 24.1 Å². The van der Waals surface area contributed by atoms with E-state index >= 15 is 0 Å². The van der Waals surface area contributed by atoms with Crippen LogP contribution in [0.4, 0.5) is 11.4 Å². The van der Waals surface area contributed by atoms with Gasteiger partial charge in [-0.05, 0) is 81.3 Å². The van der Waals surface area contributed by atoms with Crippen molar-refractivity contribution in [2.45, 2.75) is 58.2 Å². The van der Waals surface area contributed by atoms with Crippen molar-refractivity contribution in [3.63, 3.8) is 0 Å². The van der Waals surface area contributed by atoms with Crippen LogP contribution in [0.5, 0.6) is 0 Å². The summed E-state index contributed by atoms with van der Waals surface area (Å²) < 4.78 is 5.56. The number of nitrogens with one attached hydrogen (secondary N) is 2. The highest BCUT2D eigenvalue weighted by atomic mass is 35.5. The molecule has 0 aliphatic rings. The van der Waals surface area contributed by atoms with Crippen molar-refractivity contribution in [3.05, 3.63) is 57.6 Å². The molecule has 0 heterocycles. The first kappa shape index (κ1) is 31.7. The fourth-order valence-electron chi connectivity index (χ4n) is 3.71. The third-order valence-corrected chi connectivity index (χ3v) is 7.01. The summed E-state index contributed by atoms with van der Waals surface area (Å²) in [7, 11) is 1.59. The minimum atomic E-state index is -1.93. The number of aliphatic carboxylic acids is 1. The number of aryl methyl sites for hydroxylation is 2. The van der Waals surface area contributed by atoms with Crippen LogP contribution < -0.4 is 10.6 Å². The number of halogens is 2. The zero-order valence-corrected chi connectivity index (χ0v) is 23.8. The number of aliphatic hydroxyl groups is 1. The Kier molecular flexibility index (Phi) is 13.7. The lowest BCUT2D eigenvalue weighted by molar-refractivity contribution is -0.166. The molecule has 2 atom stereocenters. The van der Waals surface area contributed by atoms with Gasteiger partial charge in [-0.1, -0.05) is 35.3 Å². The number of amides is 1. The second kappa shape index (κ2) is 16.4. The van der Waals surface area contributed by atoms with Crippen molar-refractivity contribution in [1.82, 2.24) is 4.90 Å². The van der Waals surface area contributed by atoms with Crippen molar-refractivity contribution in [2.24, 2.45) is 0 Å². The third kappa shape index (κ3) is 10.7. The molecule has 38 heavy (non-hydrogen) atoms. The van der Waals surface area contributed by atoms with Crippen molar-refractivity contribution in [1.29, 1.82) is 0 Å². The summed E-state index contributed by atoms with van der Waals surface area (Å²) in [4.78, 5) is 25.6. The lowest BCUT2D eigenvalue weighted by Crippen LogP contribution is -2.48. The molecule has 0 aromatic heterocycles. The van der Waals surface area contributed by atoms with Crippen LogP contribution >= 0.6 is 23.2 Å². The van der Waals surface area contributed by atoms with E-state index in [2.05, 4.69) is 10.6 Å². The van der Waals surface area contributed by atoms with E-state index in [0.29, 0.717) is 24.5 Å².